The molecule has 0 unspecified atom stereocenters. The van der Waals surface area contributed by atoms with Crippen molar-refractivity contribution in [2.45, 2.75) is 32.7 Å². The molecule has 1 aliphatic carbocycles. The van der Waals surface area contributed by atoms with Gasteiger partial charge in [0.15, 0.2) is 5.76 Å². The van der Waals surface area contributed by atoms with Crippen LogP contribution in [0.15, 0.2) is 11.3 Å². The van der Waals surface area contributed by atoms with Gasteiger partial charge in [0.25, 0.3) is 5.91 Å². The van der Waals surface area contributed by atoms with E-state index in [1.165, 1.54) is 7.11 Å². The van der Waals surface area contributed by atoms with E-state index in [0.717, 1.165) is 18.4 Å². The monoisotopic (exact) mass is 169 g/mol. The molecule has 0 saturated heterocycles. The minimum Gasteiger partial charge on any atom is -0.491 e. The Morgan fingerprint density at radius 1 is 1.42 bits per heavy atom. The maximum Gasteiger partial charge on any atom is 0.286 e. The van der Waals surface area contributed by atoms with Gasteiger partial charge in [0.05, 0.1) is 7.11 Å². The first kappa shape index (κ1) is 9.10. The van der Waals surface area contributed by atoms with Crippen LogP contribution in [-0.2, 0) is 9.53 Å². The zero-order chi connectivity index (χ0) is 9.14. The van der Waals surface area contributed by atoms with Crippen molar-refractivity contribution >= 4 is 5.91 Å². The Morgan fingerprint density at radius 3 is 2.33 bits per heavy atom. The second-order valence-corrected chi connectivity index (χ2v) is 3.28. The second kappa shape index (κ2) is 3.61. The maximum absolute atomic E-state index is 11.4. The highest BCUT2D eigenvalue weighted by Crippen LogP contribution is 2.19. The Labute approximate surface area is 72.8 Å². The van der Waals surface area contributed by atoms with Gasteiger partial charge in [0.1, 0.15) is 0 Å². The summed E-state index contributed by atoms with van der Waals surface area (Å²) in [4.78, 5) is 11.4. The van der Waals surface area contributed by atoms with E-state index in [9.17, 15) is 4.79 Å². The molecule has 12 heavy (non-hydrogen) atoms. The summed E-state index contributed by atoms with van der Waals surface area (Å²) >= 11 is 0. The number of ether oxygens (including phenoxy) is 1. The summed E-state index contributed by atoms with van der Waals surface area (Å²) in [5.41, 5.74) is 0.913. The molecule has 1 saturated carbocycles. The van der Waals surface area contributed by atoms with Gasteiger partial charge < -0.3 is 10.1 Å². The molecule has 0 aromatic heterocycles. The lowest BCUT2D eigenvalue weighted by Crippen LogP contribution is -2.28. The summed E-state index contributed by atoms with van der Waals surface area (Å²) < 4.78 is 4.97. The molecule has 68 valence electrons. The van der Waals surface area contributed by atoms with Gasteiger partial charge in [-0.2, -0.15) is 0 Å². The Balaban J connectivity index is 2.52. The van der Waals surface area contributed by atoms with E-state index in [4.69, 9.17) is 4.74 Å². The van der Waals surface area contributed by atoms with Gasteiger partial charge in [-0.15, -0.1) is 0 Å². The third-order valence-corrected chi connectivity index (χ3v) is 1.78. The standard InChI is InChI=1S/C9H15NO2/c1-6(2)8(12-3)9(11)10-7-4-5-7/h7H,4-5H2,1-3H3,(H,10,11). The predicted octanol–water partition coefficient (Wildman–Crippen LogP) is 1.21. The minimum absolute atomic E-state index is 0.0833. The molecule has 1 rings (SSSR count). The average Bonchev–Trinajstić information content (AvgIpc) is 2.71. The van der Waals surface area contributed by atoms with Crippen LogP contribution >= 0.6 is 0 Å². The summed E-state index contributed by atoms with van der Waals surface area (Å²) in [5.74, 6) is 0.363. The van der Waals surface area contributed by atoms with Crippen LogP contribution in [0.4, 0.5) is 0 Å². The molecule has 0 bridgehead atoms. The fourth-order valence-corrected chi connectivity index (χ4v) is 1.00. The van der Waals surface area contributed by atoms with Gasteiger partial charge in [0, 0.05) is 6.04 Å². The molecule has 0 aliphatic heterocycles. The molecular weight excluding hydrogens is 154 g/mol. The Morgan fingerprint density at radius 2 is 2.00 bits per heavy atom. The molecule has 0 aromatic rings. The molecule has 0 radical (unpaired) electrons. The van der Waals surface area contributed by atoms with Crippen LogP contribution in [0.1, 0.15) is 26.7 Å². The fraction of sp³-hybridized carbons (Fsp3) is 0.667. The van der Waals surface area contributed by atoms with Gasteiger partial charge >= 0.3 is 0 Å². The molecule has 1 N–H and O–H groups in total. The van der Waals surface area contributed by atoms with Crippen molar-refractivity contribution in [1.82, 2.24) is 5.32 Å². The summed E-state index contributed by atoms with van der Waals surface area (Å²) in [6.45, 7) is 3.73. The first-order valence-electron chi connectivity index (χ1n) is 4.17. The number of rotatable bonds is 3. The zero-order valence-electron chi connectivity index (χ0n) is 7.81. The largest absolute Gasteiger partial charge is 0.491 e. The van der Waals surface area contributed by atoms with Crippen molar-refractivity contribution < 1.29 is 9.53 Å². The topological polar surface area (TPSA) is 38.3 Å². The molecule has 1 fully saturated rings. The highest BCUT2D eigenvalue weighted by Gasteiger charge is 2.25. The van der Waals surface area contributed by atoms with Crippen LogP contribution < -0.4 is 5.32 Å². The molecule has 3 heteroatoms. The van der Waals surface area contributed by atoms with Crippen LogP contribution in [-0.4, -0.2) is 19.1 Å². The highest BCUT2D eigenvalue weighted by molar-refractivity contribution is 5.92. The Kier molecular flexibility index (Phi) is 2.74. The van der Waals surface area contributed by atoms with Crippen molar-refractivity contribution in [3.05, 3.63) is 11.3 Å². The average molecular weight is 169 g/mol. The Hall–Kier alpha value is -0.990. The summed E-state index contributed by atoms with van der Waals surface area (Å²) in [6, 6.07) is 0.391. The van der Waals surface area contributed by atoms with Crippen LogP contribution in [0, 0.1) is 0 Å². The van der Waals surface area contributed by atoms with Gasteiger partial charge in [0.2, 0.25) is 0 Å². The third kappa shape index (κ3) is 2.26. The van der Waals surface area contributed by atoms with Crippen molar-refractivity contribution in [3.8, 4) is 0 Å². The normalized spacial score (nSPS) is 15.2. The van der Waals surface area contributed by atoms with E-state index in [-0.39, 0.29) is 5.91 Å². The molecule has 3 nitrogen and oxygen atoms in total. The van der Waals surface area contributed by atoms with Crippen LogP contribution in [0.5, 0.6) is 0 Å². The van der Waals surface area contributed by atoms with E-state index < -0.39 is 0 Å². The number of carbonyl (C=O) groups is 1. The van der Waals surface area contributed by atoms with Gasteiger partial charge in [-0.05, 0) is 32.3 Å². The predicted molar refractivity (Wildman–Crippen MR) is 46.5 cm³/mol. The van der Waals surface area contributed by atoms with Crippen molar-refractivity contribution in [2.75, 3.05) is 7.11 Å². The summed E-state index contributed by atoms with van der Waals surface area (Å²) in [7, 11) is 1.52. The van der Waals surface area contributed by atoms with Crippen molar-refractivity contribution in [2.24, 2.45) is 0 Å². The number of hydrogen-bond acceptors (Lipinski definition) is 2. The van der Waals surface area contributed by atoms with E-state index in [0.29, 0.717) is 11.8 Å². The third-order valence-electron chi connectivity index (χ3n) is 1.78. The van der Waals surface area contributed by atoms with Crippen LogP contribution in [0.3, 0.4) is 0 Å². The van der Waals surface area contributed by atoms with Gasteiger partial charge in [-0.1, -0.05) is 0 Å². The number of methoxy groups -OCH3 is 1. The molecule has 0 heterocycles. The van der Waals surface area contributed by atoms with E-state index >= 15 is 0 Å². The molecule has 1 aliphatic rings. The van der Waals surface area contributed by atoms with E-state index in [1.54, 1.807) is 0 Å². The van der Waals surface area contributed by atoms with E-state index in [2.05, 4.69) is 5.32 Å². The van der Waals surface area contributed by atoms with Gasteiger partial charge in [-0.3, -0.25) is 4.79 Å². The maximum atomic E-state index is 11.4. The lowest BCUT2D eigenvalue weighted by molar-refractivity contribution is -0.120. The number of carbonyl (C=O) groups excluding carboxylic acids is 1. The van der Waals surface area contributed by atoms with Crippen molar-refractivity contribution in [1.29, 1.82) is 0 Å². The summed E-state index contributed by atoms with van der Waals surface area (Å²) in [5, 5.41) is 2.86. The zero-order valence-corrected chi connectivity index (χ0v) is 7.81. The number of nitrogens with one attached hydrogen (secondary N) is 1. The molecule has 0 aromatic carbocycles. The van der Waals surface area contributed by atoms with Gasteiger partial charge in [-0.25, -0.2) is 0 Å². The lowest BCUT2D eigenvalue weighted by atomic mass is 10.3. The molecule has 1 amide bonds. The smallest absolute Gasteiger partial charge is 0.286 e. The lowest BCUT2D eigenvalue weighted by Gasteiger charge is -2.07. The molecule has 0 atom stereocenters. The van der Waals surface area contributed by atoms with Crippen LogP contribution in [0.2, 0.25) is 0 Å². The first-order valence-corrected chi connectivity index (χ1v) is 4.17. The number of allylic oxidation sites excluding steroid dienone is 1. The second-order valence-electron chi connectivity index (χ2n) is 3.28. The quantitative estimate of drug-likeness (QED) is 0.509. The van der Waals surface area contributed by atoms with E-state index in [1.807, 2.05) is 13.8 Å². The van der Waals surface area contributed by atoms with Crippen LogP contribution in [0.25, 0.3) is 0 Å². The highest BCUT2D eigenvalue weighted by atomic mass is 16.5. The number of hydrogen-bond donors (Lipinski definition) is 1. The SMILES string of the molecule is COC(C(=O)NC1CC1)=C(C)C. The molecule has 0 spiro atoms. The van der Waals surface area contributed by atoms with Crippen molar-refractivity contribution in [3.63, 3.8) is 0 Å². The summed E-state index contributed by atoms with van der Waals surface area (Å²) in [6.07, 6.45) is 2.21. The minimum atomic E-state index is -0.0833. The molecular formula is C9H15NO2. The Bertz CT molecular complexity index is 213. The fourth-order valence-electron chi connectivity index (χ4n) is 1.00. The number of amides is 1. The first-order chi connectivity index (χ1) is 5.65.